The predicted molar refractivity (Wildman–Crippen MR) is 50.9 cm³/mol. The van der Waals surface area contributed by atoms with Crippen LogP contribution in [0.3, 0.4) is 0 Å². The highest BCUT2D eigenvalue weighted by atomic mass is 15.2. The van der Waals surface area contributed by atoms with Gasteiger partial charge in [0.1, 0.15) is 0 Å². The molecule has 2 unspecified atom stereocenters. The fraction of sp³-hybridized carbons (Fsp3) is 0.444. The summed E-state index contributed by atoms with van der Waals surface area (Å²) in [5.74, 6) is 5.43. The van der Waals surface area contributed by atoms with Gasteiger partial charge >= 0.3 is 0 Å². The molecule has 0 spiro atoms. The third kappa shape index (κ3) is 1.81. The number of rotatable bonds is 3. The van der Waals surface area contributed by atoms with Crippen LogP contribution >= 0.6 is 0 Å². The standard InChI is InChI=1S/C9H15N3/c1-2-7-3-4-9(12-11)8(5-7)6-10/h3-6,8-10,12H,2,11H2,1H3. The van der Waals surface area contributed by atoms with Gasteiger partial charge in [-0.2, -0.15) is 0 Å². The van der Waals surface area contributed by atoms with E-state index >= 15 is 0 Å². The van der Waals surface area contributed by atoms with E-state index < -0.39 is 0 Å². The zero-order chi connectivity index (χ0) is 8.97. The van der Waals surface area contributed by atoms with E-state index in [0.717, 1.165) is 6.42 Å². The predicted octanol–water partition coefficient (Wildman–Crippen LogP) is 0.990. The van der Waals surface area contributed by atoms with E-state index in [9.17, 15) is 0 Å². The average Bonchev–Trinajstić information content (AvgIpc) is 2.16. The summed E-state index contributed by atoms with van der Waals surface area (Å²) in [4.78, 5) is 0. The molecule has 1 aliphatic rings. The third-order valence-electron chi connectivity index (χ3n) is 2.13. The molecule has 12 heavy (non-hydrogen) atoms. The van der Waals surface area contributed by atoms with Crippen molar-refractivity contribution < 1.29 is 0 Å². The Kier molecular flexibility index (Phi) is 3.19. The van der Waals surface area contributed by atoms with E-state index in [-0.39, 0.29) is 12.0 Å². The highest BCUT2D eigenvalue weighted by molar-refractivity contribution is 5.63. The zero-order valence-electron chi connectivity index (χ0n) is 7.25. The topological polar surface area (TPSA) is 61.9 Å². The van der Waals surface area contributed by atoms with Gasteiger partial charge in [-0.3, -0.25) is 11.3 Å². The van der Waals surface area contributed by atoms with Crippen molar-refractivity contribution in [3.05, 3.63) is 23.8 Å². The van der Waals surface area contributed by atoms with Gasteiger partial charge < -0.3 is 5.41 Å². The molecule has 0 amide bonds. The molecule has 0 saturated heterocycles. The van der Waals surface area contributed by atoms with Gasteiger partial charge in [-0.1, -0.05) is 30.7 Å². The maximum Gasteiger partial charge on any atom is 0.0506 e. The van der Waals surface area contributed by atoms with Crippen molar-refractivity contribution >= 4 is 6.21 Å². The van der Waals surface area contributed by atoms with Crippen molar-refractivity contribution in [3.8, 4) is 0 Å². The molecule has 1 rings (SSSR count). The molecule has 0 radical (unpaired) electrons. The first-order valence-corrected chi connectivity index (χ1v) is 4.17. The number of hydrogen-bond acceptors (Lipinski definition) is 3. The van der Waals surface area contributed by atoms with Gasteiger partial charge in [0, 0.05) is 12.1 Å². The zero-order valence-corrected chi connectivity index (χ0v) is 7.25. The molecule has 3 heteroatoms. The number of nitrogens with two attached hydrogens (primary N) is 1. The molecule has 0 heterocycles. The summed E-state index contributed by atoms with van der Waals surface area (Å²) in [5.41, 5.74) is 3.94. The molecule has 3 nitrogen and oxygen atoms in total. The Bertz CT molecular complexity index is 218. The number of allylic oxidation sites excluding steroid dienone is 2. The van der Waals surface area contributed by atoms with Crippen LogP contribution < -0.4 is 11.3 Å². The third-order valence-corrected chi connectivity index (χ3v) is 2.13. The minimum Gasteiger partial charge on any atom is -0.312 e. The number of nitrogens with one attached hydrogen (secondary N) is 2. The Hall–Kier alpha value is -0.930. The molecule has 2 atom stereocenters. The van der Waals surface area contributed by atoms with Crippen molar-refractivity contribution in [2.75, 3.05) is 0 Å². The number of hydrogen-bond donors (Lipinski definition) is 3. The van der Waals surface area contributed by atoms with Gasteiger partial charge in [0.15, 0.2) is 0 Å². The smallest absolute Gasteiger partial charge is 0.0506 e. The summed E-state index contributed by atoms with van der Waals surface area (Å²) in [7, 11) is 0. The Labute approximate surface area is 72.8 Å². The van der Waals surface area contributed by atoms with Crippen LogP contribution in [0.25, 0.3) is 0 Å². The fourth-order valence-electron chi connectivity index (χ4n) is 1.32. The maximum atomic E-state index is 7.20. The number of hydrazine groups is 1. The second-order valence-electron chi connectivity index (χ2n) is 2.89. The lowest BCUT2D eigenvalue weighted by molar-refractivity contribution is 0.566. The van der Waals surface area contributed by atoms with E-state index in [1.807, 2.05) is 6.08 Å². The normalized spacial score (nSPS) is 28.3. The van der Waals surface area contributed by atoms with Crippen molar-refractivity contribution in [1.29, 1.82) is 5.41 Å². The quantitative estimate of drug-likeness (QED) is 0.332. The second kappa shape index (κ2) is 4.18. The van der Waals surface area contributed by atoms with Crippen LogP contribution in [-0.4, -0.2) is 12.3 Å². The Balaban J connectivity index is 2.74. The van der Waals surface area contributed by atoms with Gasteiger partial charge in [0.05, 0.1) is 6.04 Å². The van der Waals surface area contributed by atoms with Crippen LogP contribution in [0.5, 0.6) is 0 Å². The van der Waals surface area contributed by atoms with Crippen LogP contribution in [-0.2, 0) is 0 Å². The molecule has 66 valence electrons. The monoisotopic (exact) mass is 165 g/mol. The lowest BCUT2D eigenvalue weighted by Crippen LogP contribution is -2.40. The van der Waals surface area contributed by atoms with Gasteiger partial charge in [-0.05, 0) is 6.42 Å². The summed E-state index contributed by atoms with van der Waals surface area (Å²) in [6.07, 6.45) is 8.58. The Morgan fingerprint density at radius 1 is 1.75 bits per heavy atom. The highest BCUT2D eigenvalue weighted by Gasteiger charge is 2.16. The molecular weight excluding hydrogens is 150 g/mol. The van der Waals surface area contributed by atoms with Crippen LogP contribution in [0, 0.1) is 11.3 Å². The maximum absolute atomic E-state index is 7.20. The lowest BCUT2D eigenvalue weighted by Gasteiger charge is -2.21. The van der Waals surface area contributed by atoms with Crippen LogP contribution in [0.4, 0.5) is 0 Å². The second-order valence-corrected chi connectivity index (χ2v) is 2.89. The van der Waals surface area contributed by atoms with Crippen LogP contribution in [0.1, 0.15) is 13.3 Å². The first-order chi connectivity index (χ1) is 5.81. The van der Waals surface area contributed by atoms with Crippen LogP contribution in [0.2, 0.25) is 0 Å². The summed E-state index contributed by atoms with van der Waals surface area (Å²) in [6.45, 7) is 2.10. The molecule has 1 aliphatic carbocycles. The minimum absolute atomic E-state index is 0.0813. The van der Waals surface area contributed by atoms with Crippen molar-refractivity contribution in [2.24, 2.45) is 11.8 Å². The molecule has 0 aromatic rings. The average molecular weight is 165 g/mol. The summed E-state index contributed by atoms with van der Waals surface area (Å²) >= 11 is 0. The van der Waals surface area contributed by atoms with E-state index in [1.54, 1.807) is 0 Å². The summed E-state index contributed by atoms with van der Waals surface area (Å²) in [6, 6.07) is 0.0813. The highest BCUT2D eigenvalue weighted by Crippen LogP contribution is 2.17. The Morgan fingerprint density at radius 3 is 3.00 bits per heavy atom. The molecule has 0 aromatic carbocycles. The molecular formula is C9H15N3. The SMILES string of the molecule is CCC1=CC(C=N)C(NN)C=C1. The minimum atomic E-state index is 0.0813. The van der Waals surface area contributed by atoms with Gasteiger partial charge in [0.2, 0.25) is 0 Å². The van der Waals surface area contributed by atoms with Crippen molar-refractivity contribution in [1.82, 2.24) is 5.43 Å². The molecule has 0 aliphatic heterocycles. The molecule has 0 bridgehead atoms. The van der Waals surface area contributed by atoms with E-state index in [2.05, 4.69) is 24.5 Å². The van der Waals surface area contributed by atoms with Crippen molar-refractivity contribution in [2.45, 2.75) is 19.4 Å². The van der Waals surface area contributed by atoms with Crippen LogP contribution in [0.15, 0.2) is 23.8 Å². The molecule has 0 aromatic heterocycles. The molecule has 0 fully saturated rings. The Morgan fingerprint density at radius 2 is 2.50 bits per heavy atom. The summed E-state index contributed by atoms with van der Waals surface area (Å²) in [5, 5.41) is 7.20. The van der Waals surface area contributed by atoms with Gasteiger partial charge in [-0.15, -0.1) is 0 Å². The molecule has 4 N–H and O–H groups in total. The first-order valence-electron chi connectivity index (χ1n) is 4.17. The van der Waals surface area contributed by atoms with Crippen molar-refractivity contribution in [3.63, 3.8) is 0 Å². The molecule has 0 saturated carbocycles. The fourth-order valence-corrected chi connectivity index (χ4v) is 1.32. The van der Waals surface area contributed by atoms with E-state index in [4.69, 9.17) is 11.3 Å². The van der Waals surface area contributed by atoms with Gasteiger partial charge in [-0.25, -0.2) is 0 Å². The largest absolute Gasteiger partial charge is 0.312 e. The van der Waals surface area contributed by atoms with E-state index in [1.165, 1.54) is 11.8 Å². The van der Waals surface area contributed by atoms with Gasteiger partial charge in [0.25, 0.3) is 0 Å². The first kappa shape index (κ1) is 9.16. The van der Waals surface area contributed by atoms with E-state index in [0.29, 0.717) is 0 Å². The lowest BCUT2D eigenvalue weighted by atomic mass is 9.92. The summed E-state index contributed by atoms with van der Waals surface area (Å²) < 4.78 is 0.